The number of pyridine rings is 1. The lowest BCUT2D eigenvalue weighted by Gasteiger charge is -2.13. The molecule has 0 saturated heterocycles. The van der Waals surface area contributed by atoms with Crippen LogP contribution in [0.25, 0.3) is 11.0 Å². The summed E-state index contributed by atoms with van der Waals surface area (Å²) in [6, 6.07) is 16.3. The van der Waals surface area contributed by atoms with Gasteiger partial charge in [-0.3, -0.25) is 0 Å². The highest BCUT2D eigenvalue weighted by molar-refractivity contribution is 5.90. The standard InChI is InChI=1S/C21H18FN5.ClH/c1-13-6-3-4-8-17(13)24-20-16-7-5-11-23-19(16)26-21(27-20)25-18-10-9-15(22)12-14(18)2;/h3-12H,1-2H3,(H2,23,24,25,26,27);1H. The second-order valence-corrected chi connectivity index (χ2v) is 6.29. The molecule has 0 aliphatic carbocycles. The molecule has 0 spiro atoms. The van der Waals surface area contributed by atoms with Crippen LogP contribution >= 0.6 is 12.4 Å². The fourth-order valence-corrected chi connectivity index (χ4v) is 2.84. The van der Waals surface area contributed by atoms with Gasteiger partial charge in [-0.05, 0) is 61.4 Å². The lowest BCUT2D eigenvalue weighted by molar-refractivity contribution is 0.627. The van der Waals surface area contributed by atoms with Crippen LogP contribution in [0.1, 0.15) is 11.1 Å². The van der Waals surface area contributed by atoms with E-state index in [9.17, 15) is 4.39 Å². The number of fused-ring (bicyclic) bond motifs is 1. The summed E-state index contributed by atoms with van der Waals surface area (Å²) in [7, 11) is 0. The first-order chi connectivity index (χ1) is 13.1. The van der Waals surface area contributed by atoms with Crippen molar-refractivity contribution in [3.8, 4) is 0 Å². The Morgan fingerprint density at radius 3 is 2.39 bits per heavy atom. The zero-order valence-electron chi connectivity index (χ0n) is 15.4. The zero-order valence-corrected chi connectivity index (χ0v) is 16.2. The van der Waals surface area contributed by atoms with Crippen molar-refractivity contribution < 1.29 is 4.39 Å². The minimum absolute atomic E-state index is 0. The molecule has 0 unspecified atom stereocenters. The molecule has 4 rings (SSSR count). The fraction of sp³-hybridized carbons (Fsp3) is 0.0952. The molecule has 0 radical (unpaired) electrons. The van der Waals surface area contributed by atoms with Crippen LogP contribution in [0.4, 0.5) is 27.5 Å². The lowest BCUT2D eigenvalue weighted by Crippen LogP contribution is -2.04. The maximum Gasteiger partial charge on any atom is 0.231 e. The summed E-state index contributed by atoms with van der Waals surface area (Å²) in [6.45, 7) is 3.86. The molecule has 4 aromatic rings. The molecule has 0 fully saturated rings. The van der Waals surface area contributed by atoms with Crippen molar-refractivity contribution in [3.05, 3.63) is 77.7 Å². The van der Waals surface area contributed by atoms with E-state index < -0.39 is 0 Å². The molecule has 2 aromatic heterocycles. The van der Waals surface area contributed by atoms with E-state index >= 15 is 0 Å². The molecule has 2 aromatic carbocycles. The molecule has 142 valence electrons. The molecule has 2 N–H and O–H groups in total. The second kappa shape index (κ2) is 8.19. The highest BCUT2D eigenvalue weighted by Gasteiger charge is 2.11. The molecule has 0 aliphatic heterocycles. The third-order valence-electron chi connectivity index (χ3n) is 4.30. The van der Waals surface area contributed by atoms with Crippen LogP contribution in [0.5, 0.6) is 0 Å². The van der Waals surface area contributed by atoms with Crippen LogP contribution in [-0.2, 0) is 0 Å². The highest BCUT2D eigenvalue weighted by Crippen LogP contribution is 2.27. The van der Waals surface area contributed by atoms with Crippen molar-refractivity contribution in [2.75, 3.05) is 10.6 Å². The van der Waals surface area contributed by atoms with E-state index in [2.05, 4.69) is 25.6 Å². The molecule has 7 heteroatoms. The van der Waals surface area contributed by atoms with Gasteiger partial charge >= 0.3 is 0 Å². The average molecular weight is 396 g/mol. The molecule has 0 amide bonds. The molecular formula is C21H19ClFN5. The van der Waals surface area contributed by atoms with Crippen molar-refractivity contribution in [1.82, 2.24) is 15.0 Å². The van der Waals surface area contributed by atoms with E-state index in [1.165, 1.54) is 12.1 Å². The molecule has 28 heavy (non-hydrogen) atoms. The number of anilines is 4. The minimum atomic E-state index is -0.277. The predicted molar refractivity (Wildman–Crippen MR) is 113 cm³/mol. The largest absolute Gasteiger partial charge is 0.339 e. The summed E-state index contributed by atoms with van der Waals surface area (Å²) in [5.74, 6) is 0.776. The van der Waals surface area contributed by atoms with E-state index in [1.54, 1.807) is 12.3 Å². The average Bonchev–Trinajstić information content (AvgIpc) is 2.66. The van der Waals surface area contributed by atoms with Crippen LogP contribution in [0.2, 0.25) is 0 Å². The predicted octanol–water partition coefficient (Wildman–Crippen LogP) is 5.69. The topological polar surface area (TPSA) is 62.7 Å². The van der Waals surface area contributed by atoms with Gasteiger partial charge in [0.05, 0.1) is 5.39 Å². The fourth-order valence-electron chi connectivity index (χ4n) is 2.84. The molecular weight excluding hydrogens is 377 g/mol. The van der Waals surface area contributed by atoms with Crippen molar-refractivity contribution in [1.29, 1.82) is 0 Å². The Hall–Kier alpha value is -3.25. The van der Waals surface area contributed by atoms with Gasteiger partial charge in [-0.1, -0.05) is 18.2 Å². The Morgan fingerprint density at radius 1 is 0.821 bits per heavy atom. The van der Waals surface area contributed by atoms with Crippen molar-refractivity contribution in [2.24, 2.45) is 0 Å². The van der Waals surface area contributed by atoms with Gasteiger partial charge in [0.1, 0.15) is 11.6 Å². The first-order valence-electron chi connectivity index (χ1n) is 8.59. The smallest absolute Gasteiger partial charge is 0.231 e. The van der Waals surface area contributed by atoms with Gasteiger partial charge in [-0.15, -0.1) is 12.4 Å². The third-order valence-corrected chi connectivity index (χ3v) is 4.30. The summed E-state index contributed by atoms with van der Waals surface area (Å²) < 4.78 is 13.4. The van der Waals surface area contributed by atoms with Crippen molar-refractivity contribution in [3.63, 3.8) is 0 Å². The van der Waals surface area contributed by atoms with Crippen LogP contribution in [0.3, 0.4) is 0 Å². The van der Waals surface area contributed by atoms with Crippen LogP contribution in [-0.4, -0.2) is 15.0 Å². The maximum absolute atomic E-state index is 13.4. The van der Waals surface area contributed by atoms with E-state index in [0.717, 1.165) is 27.9 Å². The summed E-state index contributed by atoms with van der Waals surface area (Å²) in [4.78, 5) is 13.5. The number of nitrogens with zero attached hydrogens (tertiary/aromatic N) is 3. The van der Waals surface area contributed by atoms with E-state index in [-0.39, 0.29) is 18.2 Å². The molecule has 5 nitrogen and oxygen atoms in total. The summed E-state index contributed by atoms with van der Waals surface area (Å²) in [6.07, 6.45) is 1.69. The normalized spacial score (nSPS) is 10.4. The highest BCUT2D eigenvalue weighted by atomic mass is 35.5. The van der Waals surface area contributed by atoms with E-state index in [4.69, 9.17) is 0 Å². The van der Waals surface area contributed by atoms with E-state index in [0.29, 0.717) is 17.4 Å². The van der Waals surface area contributed by atoms with Crippen LogP contribution in [0, 0.1) is 19.7 Å². The molecule has 0 atom stereocenters. The number of aryl methyl sites for hydroxylation is 2. The third kappa shape index (κ3) is 4.02. The van der Waals surface area contributed by atoms with Crippen LogP contribution in [0.15, 0.2) is 60.8 Å². The first-order valence-corrected chi connectivity index (χ1v) is 8.59. The summed E-state index contributed by atoms with van der Waals surface area (Å²) >= 11 is 0. The van der Waals surface area contributed by atoms with Crippen molar-refractivity contribution >= 4 is 46.6 Å². The van der Waals surface area contributed by atoms with Gasteiger partial charge < -0.3 is 10.6 Å². The Balaban J connectivity index is 0.00000225. The first kappa shape index (κ1) is 19.5. The Kier molecular flexibility index (Phi) is 5.70. The summed E-state index contributed by atoms with van der Waals surface area (Å²) in [5, 5.41) is 7.36. The number of hydrogen-bond donors (Lipinski definition) is 2. The lowest BCUT2D eigenvalue weighted by atomic mass is 10.2. The monoisotopic (exact) mass is 395 g/mol. The van der Waals surface area contributed by atoms with E-state index in [1.807, 2.05) is 50.2 Å². The van der Waals surface area contributed by atoms with Gasteiger partial charge in [-0.25, -0.2) is 9.37 Å². The molecule has 0 bridgehead atoms. The molecule has 0 aliphatic rings. The number of halogens is 2. The number of benzene rings is 2. The van der Waals surface area contributed by atoms with Gasteiger partial charge in [0.2, 0.25) is 5.95 Å². The Labute approximate surface area is 168 Å². The molecule has 2 heterocycles. The van der Waals surface area contributed by atoms with Crippen LogP contribution < -0.4 is 10.6 Å². The number of rotatable bonds is 4. The minimum Gasteiger partial charge on any atom is -0.339 e. The van der Waals surface area contributed by atoms with Gasteiger partial charge in [0, 0.05) is 17.6 Å². The molecule has 0 saturated carbocycles. The second-order valence-electron chi connectivity index (χ2n) is 6.29. The SMILES string of the molecule is Cc1cc(F)ccc1Nc1nc(Nc2ccccc2C)c2cccnc2n1.Cl. The Bertz CT molecular complexity index is 1130. The zero-order chi connectivity index (χ0) is 18.8. The number of hydrogen-bond acceptors (Lipinski definition) is 5. The summed E-state index contributed by atoms with van der Waals surface area (Å²) in [5.41, 5.74) is 4.16. The van der Waals surface area contributed by atoms with Gasteiger partial charge in [0.25, 0.3) is 0 Å². The van der Waals surface area contributed by atoms with Gasteiger partial charge in [-0.2, -0.15) is 9.97 Å². The quantitative estimate of drug-likeness (QED) is 0.464. The number of para-hydroxylation sites is 1. The number of nitrogens with one attached hydrogen (secondary N) is 2. The maximum atomic E-state index is 13.4. The Morgan fingerprint density at radius 2 is 1.61 bits per heavy atom. The van der Waals surface area contributed by atoms with Gasteiger partial charge in [0.15, 0.2) is 5.65 Å². The van der Waals surface area contributed by atoms with Crippen molar-refractivity contribution in [2.45, 2.75) is 13.8 Å². The number of aromatic nitrogens is 3.